The first-order valence-electron chi connectivity index (χ1n) is 6.67. The van der Waals surface area contributed by atoms with Crippen molar-refractivity contribution in [3.05, 3.63) is 58.3 Å². The number of anilines is 1. The van der Waals surface area contributed by atoms with E-state index in [0.29, 0.717) is 5.01 Å². The van der Waals surface area contributed by atoms with E-state index >= 15 is 0 Å². The van der Waals surface area contributed by atoms with Gasteiger partial charge in [-0.05, 0) is 12.1 Å². The summed E-state index contributed by atoms with van der Waals surface area (Å²) in [5.41, 5.74) is 2.06. The molecular weight excluding hydrogens is 284 g/mol. The van der Waals surface area contributed by atoms with E-state index in [4.69, 9.17) is 0 Å². The molecule has 2 aromatic rings. The number of aromatic nitrogens is 1. The number of carbonyl (C=O) groups excluding carboxylic acids is 1. The van der Waals surface area contributed by atoms with Gasteiger partial charge in [-0.15, -0.1) is 11.3 Å². The number of para-hydroxylation sites is 1. The van der Waals surface area contributed by atoms with E-state index in [9.17, 15) is 4.79 Å². The van der Waals surface area contributed by atoms with Crippen molar-refractivity contribution in [1.29, 1.82) is 0 Å². The first-order valence-corrected chi connectivity index (χ1v) is 7.55. The second-order valence-corrected chi connectivity index (χ2v) is 5.65. The molecule has 2 aliphatic heterocycles. The Bertz CT molecular complexity index is 764. The molecule has 5 nitrogen and oxygen atoms in total. The van der Waals surface area contributed by atoms with Crippen molar-refractivity contribution in [2.24, 2.45) is 4.99 Å². The Morgan fingerprint density at radius 1 is 1.38 bits per heavy atom. The summed E-state index contributed by atoms with van der Waals surface area (Å²) in [4.78, 5) is 22.9. The number of hydrogen-bond donors (Lipinski definition) is 1. The van der Waals surface area contributed by atoms with E-state index in [1.165, 1.54) is 11.3 Å². The van der Waals surface area contributed by atoms with Gasteiger partial charge in [0.25, 0.3) is 0 Å². The second-order valence-electron chi connectivity index (χ2n) is 4.76. The number of thiazole rings is 1. The van der Waals surface area contributed by atoms with E-state index < -0.39 is 0 Å². The molecule has 0 radical (unpaired) electrons. The fraction of sp³-hybridized carbons (Fsp3) is 0.133. The summed E-state index contributed by atoms with van der Waals surface area (Å²) in [7, 11) is 0. The molecular formula is C15H12N4OS. The minimum atomic E-state index is -0.0851. The molecule has 0 saturated carbocycles. The number of ketones is 1. The average molecular weight is 296 g/mol. The van der Waals surface area contributed by atoms with Crippen LogP contribution in [0.3, 0.4) is 0 Å². The number of nitrogens with zero attached hydrogens (tertiary/aromatic N) is 3. The highest BCUT2D eigenvalue weighted by Crippen LogP contribution is 2.29. The molecule has 0 aliphatic carbocycles. The summed E-state index contributed by atoms with van der Waals surface area (Å²) in [6.45, 7) is 1.53. The molecule has 0 amide bonds. The number of rotatable bonds is 2. The number of benzene rings is 1. The lowest BCUT2D eigenvalue weighted by atomic mass is 10.1. The van der Waals surface area contributed by atoms with Crippen molar-refractivity contribution in [3.63, 3.8) is 0 Å². The number of aliphatic imine (C=N–C) groups is 1. The number of carbonyl (C=O) groups is 1. The van der Waals surface area contributed by atoms with Crippen molar-refractivity contribution in [3.8, 4) is 0 Å². The van der Waals surface area contributed by atoms with Crippen LogP contribution in [0, 0.1) is 0 Å². The quantitative estimate of drug-likeness (QED) is 0.683. The van der Waals surface area contributed by atoms with Crippen LogP contribution in [-0.4, -0.2) is 34.6 Å². The Morgan fingerprint density at radius 3 is 3.14 bits per heavy atom. The minimum Gasteiger partial charge on any atom is -0.341 e. The fourth-order valence-electron chi connectivity index (χ4n) is 2.55. The molecule has 6 heteroatoms. The highest BCUT2D eigenvalue weighted by Gasteiger charge is 2.29. The number of hydrogen-bond acceptors (Lipinski definition) is 6. The maximum absolute atomic E-state index is 12.2. The fourth-order valence-corrected chi connectivity index (χ4v) is 3.10. The van der Waals surface area contributed by atoms with E-state index in [2.05, 4.69) is 15.3 Å². The van der Waals surface area contributed by atoms with Gasteiger partial charge < -0.3 is 10.2 Å². The second kappa shape index (κ2) is 4.82. The van der Waals surface area contributed by atoms with Crippen LogP contribution in [0.5, 0.6) is 0 Å². The monoisotopic (exact) mass is 296 g/mol. The first-order chi connectivity index (χ1) is 10.3. The van der Waals surface area contributed by atoms with E-state index in [1.54, 1.807) is 17.7 Å². The van der Waals surface area contributed by atoms with Crippen LogP contribution in [0.4, 0.5) is 5.69 Å². The van der Waals surface area contributed by atoms with Gasteiger partial charge in [0, 0.05) is 29.8 Å². The van der Waals surface area contributed by atoms with Gasteiger partial charge in [0.05, 0.1) is 12.2 Å². The van der Waals surface area contributed by atoms with Crippen molar-refractivity contribution in [1.82, 2.24) is 9.88 Å². The zero-order chi connectivity index (χ0) is 14.2. The maximum atomic E-state index is 12.2. The van der Waals surface area contributed by atoms with Crippen molar-refractivity contribution >= 4 is 28.6 Å². The van der Waals surface area contributed by atoms with Crippen LogP contribution in [-0.2, 0) is 0 Å². The summed E-state index contributed by atoms with van der Waals surface area (Å²) in [5, 5.41) is 5.63. The molecule has 4 rings (SSSR count). The largest absolute Gasteiger partial charge is 0.341 e. The molecule has 0 spiro atoms. The van der Waals surface area contributed by atoms with Crippen LogP contribution in [0.2, 0.25) is 0 Å². The molecule has 1 aromatic heterocycles. The maximum Gasteiger partial charge on any atom is 0.217 e. The molecule has 0 bridgehead atoms. The Hall–Kier alpha value is -2.47. The Morgan fingerprint density at radius 2 is 2.29 bits per heavy atom. The van der Waals surface area contributed by atoms with Crippen LogP contribution < -0.4 is 5.32 Å². The summed E-state index contributed by atoms with van der Waals surface area (Å²) in [5.74, 6) is 1.62. The van der Waals surface area contributed by atoms with E-state index in [-0.39, 0.29) is 5.78 Å². The summed E-state index contributed by atoms with van der Waals surface area (Å²) < 4.78 is 0. The normalized spacial score (nSPS) is 18.0. The predicted octanol–water partition coefficient (Wildman–Crippen LogP) is 2.36. The Balaban J connectivity index is 1.75. The third-order valence-electron chi connectivity index (χ3n) is 3.47. The third kappa shape index (κ3) is 2.04. The minimum absolute atomic E-state index is 0.0851. The SMILES string of the molecule is O=C(/C=C1\Nc2ccccc2C2=NCCN21)c1nccs1. The zero-order valence-electron chi connectivity index (χ0n) is 11.1. The van der Waals surface area contributed by atoms with Gasteiger partial charge in [0.1, 0.15) is 11.7 Å². The molecule has 0 saturated heterocycles. The number of amidine groups is 1. The summed E-state index contributed by atoms with van der Waals surface area (Å²) in [6, 6.07) is 8.00. The van der Waals surface area contributed by atoms with Crippen LogP contribution in [0.25, 0.3) is 0 Å². The van der Waals surface area contributed by atoms with Gasteiger partial charge in [-0.3, -0.25) is 9.79 Å². The van der Waals surface area contributed by atoms with Gasteiger partial charge in [0.2, 0.25) is 5.78 Å². The number of fused-ring (bicyclic) bond motifs is 3. The van der Waals surface area contributed by atoms with E-state index in [1.807, 2.05) is 29.2 Å². The highest BCUT2D eigenvalue weighted by molar-refractivity contribution is 7.11. The smallest absolute Gasteiger partial charge is 0.217 e. The molecule has 21 heavy (non-hydrogen) atoms. The van der Waals surface area contributed by atoms with Gasteiger partial charge in [0.15, 0.2) is 5.01 Å². The molecule has 1 N–H and O–H groups in total. The molecule has 0 unspecified atom stereocenters. The summed E-state index contributed by atoms with van der Waals surface area (Å²) >= 11 is 1.35. The highest BCUT2D eigenvalue weighted by atomic mass is 32.1. The lowest BCUT2D eigenvalue weighted by Crippen LogP contribution is -2.36. The standard InChI is InChI=1S/C15H12N4OS/c20-12(15-17-6-8-21-15)9-13-18-11-4-2-1-3-10(11)14-16-5-7-19(13)14/h1-4,6,8-9,18H,5,7H2/b13-9+. The van der Waals surface area contributed by atoms with Crippen LogP contribution in [0.15, 0.2) is 52.7 Å². The predicted molar refractivity (Wildman–Crippen MR) is 82.7 cm³/mol. The summed E-state index contributed by atoms with van der Waals surface area (Å²) in [6.07, 6.45) is 3.25. The third-order valence-corrected chi connectivity index (χ3v) is 4.26. The van der Waals surface area contributed by atoms with Gasteiger partial charge >= 0.3 is 0 Å². The van der Waals surface area contributed by atoms with Gasteiger partial charge in [-0.1, -0.05) is 12.1 Å². The average Bonchev–Trinajstić information content (AvgIpc) is 3.19. The van der Waals surface area contributed by atoms with Crippen molar-refractivity contribution in [2.75, 3.05) is 18.4 Å². The van der Waals surface area contributed by atoms with Crippen LogP contribution >= 0.6 is 11.3 Å². The lowest BCUT2D eigenvalue weighted by molar-refractivity contribution is 0.104. The number of nitrogens with one attached hydrogen (secondary N) is 1. The molecule has 1 aromatic carbocycles. The molecule has 3 heterocycles. The molecule has 2 aliphatic rings. The van der Waals surface area contributed by atoms with Crippen molar-refractivity contribution < 1.29 is 4.79 Å². The van der Waals surface area contributed by atoms with Crippen LogP contribution in [0.1, 0.15) is 15.4 Å². The Labute approximate surface area is 125 Å². The van der Waals surface area contributed by atoms with Crippen molar-refractivity contribution in [2.45, 2.75) is 0 Å². The molecule has 0 fully saturated rings. The topological polar surface area (TPSA) is 57.6 Å². The molecule has 0 atom stereocenters. The Kier molecular flexibility index (Phi) is 2.82. The lowest BCUT2D eigenvalue weighted by Gasteiger charge is -2.31. The number of allylic oxidation sites excluding steroid dienone is 1. The van der Waals surface area contributed by atoms with Gasteiger partial charge in [-0.2, -0.15) is 0 Å². The van der Waals surface area contributed by atoms with E-state index in [0.717, 1.165) is 36.0 Å². The first kappa shape index (κ1) is 12.3. The molecule has 104 valence electrons. The zero-order valence-corrected chi connectivity index (χ0v) is 11.9. The van der Waals surface area contributed by atoms with Gasteiger partial charge in [-0.25, -0.2) is 4.98 Å².